The molecule has 0 saturated carbocycles. The molecule has 1 N–H and O–H groups in total. The molecule has 0 radical (unpaired) electrons. The molecule has 1 amide bonds. The van der Waals surface area contributed by atoms with E-state index >= 15 is 0 Å². The lowest BCUT2D eigenvalue weighted by Gasteiger charge is -2.09. The highest BCUT2D eigenvalue weighted by Crippen LogP contribution is 2.29. The Morgan fingerprint density at radius 1 is 1.03 bits per heavy atom. The number of amides is 1. The van der Waals surface area contributed by atoms with Gasteiger partial charge in [0.05, 0.1) is 23.8 Å². The molecule has 2 aromatic heterocycles. The number of fused-ring (bicyclic) bond motifs is 1. The number of methoxy groups -OCH3 is 1. The molecule has 0 unspecified atom stereocenters. The van der Waals surface area contributed by atoms with E-state index in [0.717, 1.165) is 23.4 Å². The van der Waals surface area contributed by atoms with Gasteiger partial charge in [0.15, 0.2) is 11.5 Å². The molecule has 0 aliphatic carbocycles. The lowest BCUT2D eigenvalue weighted by Crippen LogP contribution is -2.24. The highest BCUT2D eigenvalue weighted by molar-refractivity contribution is 8.00. The molecular formula is C23H18F3N5O2S. The minimum atomic E-state index is -4.39. The Labute approximate surface area is 196 Å². The third kappa shape index (κ3) is 5.60. The monoisotopic (exact) mass is 485 g/mol. The quantitative estimate of drug-likeness (QED) is 0.304. The first-order valence-electron chi connectivity index (χ1n) is 10.0. The second kappa shape index (κ2) is 10.0. The average Bonchev–Trinajstić information content (AvgIpc) is 2.85. The van der Waals surface area contributed by atoms with E-state index < -0.39 is 11.7 Å². The average molecular weight is 485 g/mol. The van der Waals surface area contributed by atoms with Crippen LogP contribution in [0.3, 0.4) is 0 Å². The highest BCUT2D eigenvalue weighted by atomic mass is 32.2. The van der Waals surface area contributed by atoms with Gasteiger partial charge in [0, 0.05) is 18.3 Å². The molecule has 34 heavy (non-hydrogen) atoms. The number of hydrogen-bond donors (Lipinski definition) is 1. The summed E-state index contributed by atoms with van der Waals surface area (Å²) in [6.45, 7) is 0.121. The van der Waals surface area contributed by atoms with Gasteiger partial charge in [-0.3, -0.25) is 4.79 Å². The van der Waals surface area contributed by atoms with E-state index in [4.69, 9.17) is 4.74 Å². The Hall–Kier alpha value is -3.73. The van der Waals surface area contributed by atoms with E-state index in [1.165, 1.54) is 30.2 Å². The van der Waals surface area contributed by atoms with Crippen LogP contribution in [0.4, 0.5) is 13.2 Å². The Morgan fingerprint density at radius 2 is 1.76 bits per heavy atom. The van der Waals surface area contributed by atoms with Crippen LogP contribution in [0, 0.1) is 0 Å². The molecule has 174 valence electrons. The maximum atomic E-state index is 12.6. The van der Waals surface area contributed by atoms with Gasteiger partial charge in [0.1, 0.15) is 17.1 Å². The number of ether oxygens (including phenoxy) is 1. The van der Waals surface area contributed by atoms with Crippen LogP contribution >= 0.6 is 11.8 Å². The molecule has 4 rings (SSSR count). The maximum absolute atomic E-state index is 12.6. The third-order valence-electron chi connectivity index (χ3n) is 4.81. The summed E-state index contributed by atoms with van der Waals surface area (Å²) in [6, 6.07) is 12.0. The van der Waals surface area contributed by atoms with Crippen LogP contribution in [0.5, 0.6) is 5.75 Å². The summed E-state index contributed by atoms with van der Waals surface area (Å²) in [5, 5.41) is 3.85. The number of benzene rings is 2. The molecule has 11 heteroatoms. The minimum absolute atomic E-state index is 0.0625. The zero-order chi connectivity index (χ0) is 24.1. The summed E-state index contributed by atoms with van der Waals surface area (Å²) in [5.41, 5.74) is 1.09. The second-order valence-electron chi connectivity index (χ2n) is 7.10. The van der Waals surface area contributed by atoms with Crippen LogP contribution in [0.15, 0.2) is 66.1 Å². The van der Waals surface area contributed by atoms with Crippen LogP contribution in [-0.4, -0.2) is 38.7 Å². The SMILES string of the molecule is COc1ccc(-c2ncc3c(SCC(=O)NCc4ccc(C(F)(F)F)cc4)ncnc3n2)cc1. The summed E-state index contributed by atoms with van der Waals surface area (Å²) in [6.07, 6.45) is -1.40. The van der Waals surface area contributed by atoms with Gasteiger partial charge in [-0.25, -0.2) is 19.9 Å². The van der Waals surface area contributed by atoms with Crippen molar-refractivity contribution in [2.45, 2.75) is 17.7 Å². The fourth-order valence-corrected chi connectivity index (χ4v) is 3.81. The smallest absolute Gasteiger partial charge is 0.416 e. The summed E-state index contributed by atoms with van der Waals surface area (Å²) >= 11 is 1.20. The molecule has 0 fully saturated rings. The van der Waals surface area contributed by atoms with Gasteiger partial charge < -0.3 is 10.1 Å². The molecule has 7 nitrogen and oxygen atoms in total. The van der Waals surface area contributed by atoms with Gasteiger partial charge >= 0.3 is 6.18 Å². The number of thioether (sulfide) groups is 1. The maximum Gasteiger partial charge on any atom is 0.416 e. The van der Waals surface area contributed by atoms with Gasteiger partial charge in [0.25, 0.3) is 0 Å². The molecule has 0 atom stereocenters. The van der Waals surface area contributed by atoms with E-state index in [2.05, 4.69) is 25.3 Å². The first-order valence-corrected chi connectivity index (χ1v) is 11.0. The first kappa shape index (κ1) is 23.4. The predicted octanol–water partition coefficient (Wildman–Crippen LogP) is 4.52. The molecule has 0 saturated heterocycles. The van der Waals surface area contributed by atoms with Gasteiger partial charge in [0.2, 0.25) is 5.91 Å². The lowest BCUT2D eigenvalue weighted by atomic mass is 10.1. The summed E-state index contributed by atoms with van der Waals surface area (Å²) in [5.74, 6) is 1.00. The van der Waals surface area contributed by atoms with Gasteiger partial charge in [-0.15, -0.1) is 0 Å². The van der Waals surface area contributed by atoms with E-state index in [1.54, 1.807) is 13.3 Å². The van der Waals surface area contributed by atoms with E-state index in [9.17, 15) is 18.0 Å². The number of aromatic nitrogens is 4. The molecule has 0 bridgehead atoms. The Bertz CT molecular complexity index is 1300. The van der Waals surface area contributed by atoms with Gasteiger partial charge in [-0.1, -0.05) is 23.9 Å². The van der Waals surface area contributed by atoms with Crippen LogP contribution in [0.1, 0.15) is 11.1 Å². The Kier molecular flexibility index (Phi) is 6.92. The van der Waals surface area contributed by atoms with Crippen molar-refractivity contribution in [2.75, 3.05) is 12.9 Å². The van der Waals surface area contributed by atoms with Crippen molar-refractivity contribution in [3.05, 3.63) is 72.2 Å². The number of carbonyl (C=O) groups excluding carboxylic acids is 1. The largest absolute Gasteiger partial charge is 0.497 e. The van der Waals surface area contributed by atoms with Crippen molar-refractivity contribution in [3.8, 4) is 17.1 Å². The van der Waals surface area contributed by atoms with Crippen molar-refractivity contribution in [1.29, 1.82) is 0 Å². The zero-order valence-corrected chi connectivity index (χ0v) is 18.7. The highest BCUT2D eigenvalue weighted by Gasteiger charge is 2.29. The van der Waals surface area contributed by atoms with Crippen LogP contribution in [0.2, 0.25) is 0 Å². The molecule has 4 aromatic rings. The first-order chi connectivity index (χ1) is 16.3. The summed E-state index contributed by atoms with van der Waals surface area (Å²) < 4.78 is 43.1. The normalized spacial score (nSPS) is 11.4. The number of carbonyl (C=O) groups is 1. The fraction of sp³-hybridized carbons (Fsp3) is 0.174. The van der Waals surface area contributed by atoms with Crippen molar-refractivity contribution in [2.24, 2.45) is 0 Å². The third-order valence-corrected chi connectivity index (χ3v) is 5.82. The number of nitrogens with zero attached hydrogens (tertiary/aromatic N) is 4. The van der Waals surface area contributed by atoms with Crippen molar-refractivity contribution in [3.63, 3.8) is 0 Å². The number of nitrogens with one attached hydrogen (secondary N) is 1. The molecule has 0 aliphatic heterocycles. The zero-order valence-electron chi connectivity index (χ0n) is 17.8. The molecule has 0 aliphatic rings. The van der Waals surface area contributed by atoms with E-state index in [1.807, 2.05) is 24.3 Å². The number of hydrogen-bond acceptors (Lipinski definition) is 7. The number of halogens is 3. The molecular weight excluding hydrogens is 467 g/mol. The summed E-state index contributed by atoms with van der Waals surface area (Å²) in [7, 11) is 1.59. The molecule has 2 aromatic carbocycles. The minimum Gasteiger partial charge on any atom is -0.497 e. The standard InChI is InChI=1S/C23H18F3N5O2S/c1-33-17-8-4-15(5-9-17)20-28-11-18-21(31-20)29-13-30-22(18)34-12-19(32)27-10-14-2-6-16(7-3-14)23(24,25)26/h2-9,11,13H,10,12H2,1H3,(H,27,32). The number of rotatable bonds is 7. The van der Waals surface area contributed by atoms with Gasteiger partial charge in [-0.2, -0.15) is 13.2 Å². The number of alkyl halides is 3. The topological polar surface area (TPSA) is 89.9 Å². The predicted molar refractivity (Wildman–Crippen MR) is 121 cm³/mol. The van der Waals surface area contributed by atoms with Gasteiger partial charge in [-0.05, 0) is 42.0 Å². The van der Waals surface area contributed by atoms with Crippen molar-refractivity contribution < 1.29 is 22.7 Å². The van der Waals surface area contributed by atoms with Crippen molar-refractivity contribution >= 4 is 28.7 Å². The van der Waals surface area contributed by atoms with Crippen LogP contribution in [-0.2, 0) is 17.5 Å². The van der Waals surface area contributed by atoms with E-state index in [-0.39, 0.29) is 18.2 Å². The van der Waals surface area contributed by atoms with Crippen molar-refractivity contribution in [1.82, 2.24) is 25.3 Å². The lowest BCUT2D eigenvalue weighted by molar-refractivity contribution is -0.137. The van der Waals surface area contributed by atoms with Crippen LogP contribution < -0.4 is 10.1 Å². The Morgan fingerprint density at radius 3 is 2.44 bits per heavy atom. The second-order valence-corrected chi connectivity index (χ2v) is 8.06. The fourth-order valence-electron chi connectivity index (χ4n) is 3.02. The van der Waals surface area contributed by atoms with Crippen LogP contribution in [0.25, 0.3) is 22.4 Å². The summed E-state index contributed by atoms with van der Waals surface area (Å²) in [4.78, 5) is 29.6. The molecule has 2 heterocycles. The molecule has 0 spiro atoms. The Balaban J connectivity index is 1.38. The van der Waals surface area contributed by atoms with E-state index in [0.29, 0.717) is 27.4 Å².